The highest BCUT2D eigenvalue weighted by Crippen LogP contribution is 2.38. The number of ether oxygens (including phenoxy) is 2. The van der Waals surface area contributed by atoms with Crippen molar-refractivity contribution in [2.75, 3.05) is 13.2 Å². The van der Waals surface area contributed by atoms with Gasteiger partial charge in [0.15, 0.2) is 14.1 Å². The van der Waals surface area contributed by atoms with E-state index in [1.54, 1.807) is 0 Å². The second-order valence-electron chi connectivity index (χ2n) is 11.8. The largest absolute Gasteiger partial charge is 0.414 e. The molecular formula is C29H45NO5Si. The van der Waals surface area contributed by atoms with Crippen LogP contribution in [-0.2, 0) is 27.0 Å². The average molecular weight is 516 g/mol. The Morgan fingerprint density at radius 2 is 1.44 bits per heavy atom. The van der Waals surface area contributed by atoms with Crippen molar-refractivity contribution < 1.29 is 24.1 Å². The first-order valence-corrected chi connectivity index (χ1v) is 15.8. The Morgan fingerprint density at radius 3 is 1.89 bits per heavy atom. The number of aliphatic hydroxyl groups excluding tert-OH is 2. The summed E-state index contributed by atoms with van der Waals surface area (Å²) in [5.74, 6) is -0.850. The number of hydrogen-bond acceptors (Lipinski definition) is 6. The van der Waals surface area contributed by atoms with Gasteiger partial charge in [0.1, 0.15) is 18.3 Å². The number of rotatable bonds is 11. The van der Waals surface area contributed by atoms with Crippen molar-refractivity contribution in [3.63, 3.8) is 0 Å². The molecular weight excluding hydrogens is 470 g/mol. The molecule has 3 rings (SSSR count). The van der Waals surface area contributed by atoms with E-state index in [0.29, 0.717) is 19.7 Å². The molecule has 0 amide bonds. The van der Waals surface area contributed by atoms with Gasteiger partial charge >= 0.3 is 0 Å². The minimum Gasteiger partial charge on any atom is -0.414 e. The molecule has 2 aromatic rings. The fraction of sp³-hybridized carbons (Fsp3) is 0.586. The van der Waals surface area contributed by atoms with Crippen molar-refractivity contribution in [1.82, 2.24) is 4.90 Å². The maximum Gasteiger partial charge on any atom is 0.192 e. The summed E-state index contributed by atoms with van der Waals surface area (Å²) in [6.45, 7) is 16.0. The summed E-state index contributed by atoms with van der Waals surface area (Å²) in [5, 5.41) is 22.3. The summed E-state index contributed by atoms with van der Waals surface area (Å²) in [5.41, 5.74) is 2.22. The Balaban J connectivity index is 1.84. The van der Waals surface area contributed by atoms with Gasteiger partial charge in [0, 0.05) is 13.1 Å². The molecule has 0 aliphatic carbocycles. The summed E-state index contributed by atoms with van der Waals surface area (Å²) in [4.78, 5) is 2.12. The quantitative estimate of drug-likeness (QED) is 0.413. The highest BCUT2D eigenvalue weighted by atomic mass is 28.4. The molecule has 4 atom stereocenters. The van der Waals surface area contributed by atoms with E-state index in [9.17, 15) is 10.2 Å². The molecule has 0 bridgehead atoms. The van der Waals surface area contributed by atoms with Crippen LogP contribution in [0.25, 0.3) is 0 Å². The minimum absolute atomic E-state index is 0.0614. The zero-order chi connectivity index (χ0) is 26.6. The average Bonchev–Trinajstić information content (AvgIpc) is 3.13. The molecule has 6 nitrogen and oxygen atoms in total. The van der Waals surface area contributed by atoms with Crippen LogP contribution in [0.2, 0.25) is 18.1 Å². The van der Waals surface area contributed by atoms with Gasteiger partial charge in [-0.25, -0.2) is 0 Å². The van der Waals surface area contributed by atoms with Crippen molar-refractivity contribution in [3.05, 3.63) is 71.8 Å². The molecule has 0 saturated carbocycles. The van der Waals surface area contributed by atoms with Gasteiger partial charge < -0.3 is 24.1 Å². The van der Waals surface area contributed by atoms with E-state index in [-0.39, 0.29) is 11.6 Å². The van der Waals surface area contributed by atoms with Gasteiger partial charge in [0.05, 0.1) is 19.3 Å². The van der Waals surface area contributed by atoms with Gasteiger partial charge in [-0.15, -0.1) is 0 Å². The normalized spacial score (nSPS) is 22.1. The number of nitrogens with zero attached hydrogens (tertiary/aromatic N) is 1. The maximum atomic E-state index is 11.7. The first kappa shape index (κ1) is 29.0. The fourth-order valence-electron chi connectivity index (χ4n) is 4.37. The first-order valence-electron chi connectivity index (χ1n) is 12.9. The fourth-order valence-corrected chi connectivity index (χ4v) is 5.39. The van der Waals surface area contributed by atoms with E-state index >= 15 is 0 Å². The summed E-state index contributed by atoms with van der Waals surface area (Å²) >= 11 is 0. The lowest BCUT2D eigenvalue weighted by Gasteiger charge is -2.39. The molecule has 200 valence electrons. The van der Waals surface area contributed by atoms with Crippen LogP contribution < -0.4 is 0 Å². The topological polar surface area (TPSA) is 71.4 Å². The van der Waals surface area contributed by atoms with Crippen molar-refractivity contribution >= 4 is 8.32 Å². The SMILES string of the molecule is CC1(C)O[C@@H]([C@H](O)[C@@H](CO)N(Cc2ccccc2)Cc2ccccc2)[C@H](CO[Si](C)(C)C(C)(C)C)O1. The van der Waals surface area contributed by atoms with Gasteiger partial charge in [-0.05, 0) is 43.1 Å². The molecule has 0 spiro atoms. The summed E-state index contributed by atoms with van der Waals surface area (Å²) in [6.07, 6.45) is -2.04. The Bertz CT molecular complexity index is 890. The highest BCUT2D eigenvalue weighted by Gasteiger charge is 2.49. The summed E-state index contributed by atoms with van der Waals surface area (Å²) in [7, 11) is -2.02. The van der Waals surface area contributed by atoms with Crippen molar-refractivity contribution in [2.45, 2.75) is 96.0 Å². The lowest BCUT2D eigenvalue weighted by atomic mass is 9.99. The van der Waals surface area contributed by atoms with E-state index in [0.717, 1.165) is 11.1 Å². The Kier molecular flexibility index (Phi) is 9.55. The Morgan fingerprint density at radius 1 is 0.944 bits per heavy atom. The smallest absolute Gasteiger partial charge is 0.192 e. The molecule has 36 heavy (non-hydrogen) atoms. The van der Waals surface area contributed by atoms with Crippen LogP contribution in [0.4, 0.5) is 0 Å². The lowest BCUT2D eigenvalue weighted by molar-refractivity contribution is -0.162. The Hall–Kier alpha value is -1.58. The zero-order valence-corrected chi connectivity index (χ0v) is 24.0. The summed E-state index contributed by atoms with van der Waals surface area (Å²) in [6, 6.07) is 19.7. The molecule has 1 aliphatic rings. The van der Waals surface area contributed by atoms with Gasteiger partial charge in [-0.1, -0.05) is 81.4 Å². The number of aliphatic hydroxyl groups is 2. The second-order valence-corrected chi connectivity index (χ2v) is 16.6. The maximum absolute atomic E-state index is 11.7. The molecule has 2 N–H and O–H groups in total. The zero-order valence-electron chi connectivity index (χ0n) is 23.0. The monoisotopic (exact) mass is 515 g/mol. The highest BCUT2D eigenvalue weighted by molar-refractivity contribution is 6.74. The van der Waals surface area contributed by atoms with Crippen molar-refractivity contribution in [3.8, 4) is 0 Å². The lowest BCUT2D eigenvalue weighted by Crippen LogP contribution is -2.54. The van der Waals surface area contributed by atoms with E-state index in [2.05, 4.69) is 63.0 Å². The standard InChI is InChI=1S/C29H45NO5Si/c1-28(2,3)36(6,7)33-21-25-27(35-29(4,5)34-25)26(32)24(20-31)30(18-22-14-10-8-11-15-22)19-23-16-12-9-13-17-23/h8-17,24-27,31-32H,18-21H2,1-7H3/t24-,25+,26-,27-/m1/s1. The van der Waals surface area contributed by atoms with Crippen LogP contribution in [0.5, 0.6) is 0 Å². The molecule has 1 fully saturated rings. The van der Waals surface area contributed by atoms with Crippen LogP contribution in [0.3, 0.4) is 0 Å². The Labute approximate surface area is 218 Å². The van der Waals surface area contributed by atoms with Crippen molar-refractivity contribution in [1.29, 1.82) is 0 Å². The van der Waals surface area contributed by atoms with Crippen molar-refractivity contribution in [2.24, 2.45) is 0 Å². The third-order valence-electron chi connectivity index (χ3n) is 7.48. The molecule has 0 aromatic heterocycles. The number of hydrogen-bond donors (Lipinski definition) is 2. The molecule has 7 heteroatoms. The van der Waals surface area contributed by atoms with Gasteiger partial charge in [0.25, 0.3) is 0 Å². The summed E-state index contributed by atoms with van der Waals surface area (Å²) < 4.78 is 18.9. The van der Waals surface area contributed by atoms with E-state index in [4.69, 9.17) is 13.9 Å². The van der Waals surface area contributed by atoms with Gasteiger partial charge in [-0.3, -0.25) is 4.90 Å². The molecule has 0 unspecified atom stereocenters. The van der Waals surface area contributed by atoms with Gasteiger partial charge in [0.2, 0.25) is 0 Å². The van der Waals surface area contributed by atoms with Gasteiger partial charge in [-0.2, -0.15) is 0 Å². The van der Waals surface area contributed by atoms with Crippen LogP contribution in [-0.4, -0.2) is 66.8 Å². The molecule has 1 saturated heterocycles. The molecule has 1 heterocycles. The van der Waals surface area contributed by atoms with E-state index in [1.165, 1.54) is 0 Å². The predicted octanol–water partition coefficient (Wildman–Crippen LogP) is 4.95. The molecule has 1 aliphatic heterocycles. The molecule has 2 aromatic carbocycles. The first-order chi connectivity index (χ1) is 16.8. The van der Waals surface area contributed by atoms with E-state index in [1.807, 2.05) is 50.2 Å². The van der Waals surface area contributed by atoms with Crippen LogP contribution >= 0.6 is 0 Å². The molecule has 0 radical (unpaired) electrons. The third-order valence-corrected chi connectivity index (χ3v) is 12.0. The third kappa shape index (κ3) is 7.48. The predicted molar refractivity (Wildman–Crippen MR) is 146 cm³/mol. The number of benzene rings is 2. The second kappa shape index (κ2) is 11.9. The van der Waals surface area contributed by atoms with Crippen LogP contribution in [0, 0.1) is 0 Å². The minimum atomic E-state index is -2.02. The van der Waals surface area contributed by atoms with Crippen LogP contribution in [0.15, 0.2) is 60.7 Å². The van der Waals surface area contributed by atoms with E-state index < -0.39 is 38.5 Å². The van der Waals surface area contributed by atoms with Crippen LogP contribution in [0.1, 0.15) is 45.7 Å².